The largest absolute Gasteiger partial charge is 0.466 e. The summed E-state index contributed by atoms with van der Waals surface area (Å²) in [5.74, 6) is 0.453. The van der Waals surface area contributed by atoms with E-state index in [1.807, 2.05) is 13.1 Å². The zero-order chi connectivity index (χ0) is 15.9. The van der Waals surface area contributed by atoms with E-state index < -0.39 is 0 Å². The molecule has 2 fully saturated rings. The van der Waals surface area contributed by atoms with E-state index in [-0.39, 0.29) is 17.9 Å². The van der Waals surface area contributed by atoms with E-state index >= 15 is 0 Å². The Balaban J connectivity index is 1.75. The number of likely N-dealkylation sites (tertiary alicyclic amines) is 1. The highest BCUT2D eigenvalue weighted by Gasteiger charge is 2.28. The van der Waals surface area contributed by atoms with E-state index in [0.717, 1.165) is 0 Å². The van der Waals surface area contributed by atoms with Crippen LogP contribution in [0.15, 0.2) is 11.8 Å². The predicted molar refractivity (Wildman–Crippen MR) is 85.2 cm³/mol. The second-order valence-corrected chi connectivity index (χ2v) is 6.33. The fraction of sp³-hybridized carbons (Fsp3) is 0.765. The number of piperidine rings is 1. The Kier molecular flexibility index (Phi) is 6.28. The molecule has 1 saturated carbocycles. The van der Waals surface area contributed by atoms with Gasteiger partial charge in [-0.1, -0.05) is 18.4 Å². The van der Waals surface area contributed by atoms with Crippen molar-refractivity contribution in [2.45, 2.75) is 52.4 Å². The summed E-state index contributed by atoms with van der Waals surface area (Å²) in [4.78, 5) is 25.6. The number of ether oxygens (including phenoxy) is 1. The molecule has 0 aromatic rings. The van der Waals surface area contributed by atoms with Gasteiger partial charge < -0.3 is 15.0 Å². The molecule has 0 aromatic carbocycles. The van der Waals surface area contributed by atoms with Crippen molar-refractivity contribution in [1.29, 1.82) is 0 Å². The predicted octanol–water partition coefficient (Wildman–Crippen LogP) is 3.07. The number of allylic oxidation sites excluding steroid dienone is 1. The first-order valence-electron chi connectivity index (χ1n) is 8.50. The van der Waals surface area contributed by atoms with E-state index in [1.54, 1.807) is 4.90 Å². The molecule has 1 aliphatic heterocycles. The molecule has 5 heteroatoms. The van der Waals surface area contributed by atoms with Crippen molar-refractivity contribution in [3.8, 4) is 0 Å². The maximum absolute atomic E-state index is 12.2. The van der Waals surface area contributed by atoms with Gasteiger partial charge >= 0.3 is 12.0 Å². The fourth-order valence-electron chi connectivity index (χ4n) is 3.34. The Labute approximate surface area is 133 Å². The van der Waals surface area contributed by atoms with Crippen LogP contribution in [0.3, 0.4) is 0 Å². The van der Waals surface area contributed by atoms with Crippen molar-refractivity contribution < 1.29 is 14.3 Å². The van der Waals surface area contributed by atoms with Crippen LogP contribution in [0.2, 0.25) is 0 Å². The van der Waals surface area contributed by atoms with Gasteiger partial charge in [-0.05, 0) is 45.4 Å². The lowest BCUT2D eigenvalue weighted by Gasteiger charge is -2.30. The van der Waals surface area contributed by atoms with Gasteiger partial charge in [-0.25, -0.2) is 4.79 Å². The van der Waals surface area contributed by atoms with Crippen molar-refractivity contribution >= 4 is 12.0 Å². The van der Waals surface area contributed by atoms with Crippen LogP contribution in [-0.2, 0) is 9.53 Å². The molecule has 0 unspecified atom stereocenters. The number of nitrogens with zero attached hydrogens (tertiary/aromatic N) is 1. The highest BCUT2D eigenvalue weighted by molar-refractivity contribution is 5.76. The molecule has 0 spiro atoms. The molecule has 2 aliphatic rings. The third-order valence-electron chi connectivity index (χ3n) is 4.82. The first-order chi connectivity index (χ1) is 10.6. The van der Waals surface area contributed by atoms with Crippen molar-refractivity contribution in [2.24, 2.45) is 11.8 Å². The molecular formula is C17H28N2O3. The molecule has 0 radical (unpaired) electrons. The smallest absolute Gasteiger partial charge is 0.321 e. The summed E-state index contributed by atoms with van der Waals surface area (Å²) in [7, 11) is 0. The van der Waals surface area contributed by atoms with Crippen molar-refractivity contribution in [3.63, 3.8) is 0 Å². The Morgan fingerprint density at radius 3 is 2.36 bits per heavy atom. The van der Waals surface area contributed by atoms with Crippen LogP contribution in [0.1, 0.15) is 52.4 Å². The molecule has 1 saturated heterocycles. The lowest BCUT2D eigenvalue weighted by Crippen LogP contribution is -2.44. The van der Waals surface area contributed by atoms with Crippen LogP contribution >= 0.6 is 0 Å². The van der Waals surface area contributed by atoms with Gasteiger partial charge in [-0.15, -0.1) is 0 Å². The summed E-state index contributed by atoms with van der Waals surface area (Å²) in [6.45, 7) is 5.57. The number of carbonyl (C=O) groups is 2. The molecule has 1 aliphatic carbocycles. The van der Waals surface area contributed by atoms with Gasteiger partial charge in [0.25, 0.3) is 0 Å². The van der Waals surface area contributed by atoms with E-state index in [9.17, 15) is 9.59 Å². The number of rotatable bonds is 4. The van der Waals surface area contributed by atoms with E-state index in [2.05, 4.69) is 12.2 Å². The number of carbonyl (C=O) groups excluding carboxylic acids is 2. The Morgan fingerprint density at radius 2 is 1.77 bits per heavy atom. The summed E-state index contributed by atoms with van der Waals surface area (Å²) in [5.41, 5.74) is 1.27. The lowest BCUT2D eigenvalue weighted by molar-refractivity contribution is -0.149. The Morgan fingerprint density at radius 1 is 1.14 bits per heavy atom. The van der Waals surface area contributed by atoms with Crippen LogP contribution < -0.4 is 5.32 Å². The second-order valence-electron chi connectivity index (χ2n) is 6.33. The number of amides is 2. The van der Waals surface area contributed by atoms with Crippen LogP contribution in [0.25, 0.3) is 0 Å². The van der Waals surface area contributed by atoms with Gasteiger partial charge in [0.05, 0.1) is 12.5 Å². The normalized spacial score (nSPS) is 21.0. The molecule has 0 atom stereocenters. The standard InChI is InChI=1S/C17H28N2O3/c1-3-22-16(20)15-8-10-19(11-9-15)17(21)18-12-13(2)14-6-4-5-7-14/h12,14-15H,3-11H2,1-2H3,(H,18,21)/b13-12+. The molecule has 1 heterocycles. The topological polar surface area (TPSA) is 58.6 Å². The molecule has 124 valence electrons. The molecule has 0 bridgehead atoms. The number of hydrogen-bond acceptors (Lipinski definition) is 3. The van der Waals surface area contributed by atoms with Crippen molar-refractivity contribution in [3.05, 3.63) is 11.8 Å². The van der Waals surface area contributed by atoms with Gasteiger partial charge in [0, 0.05) is 19.3 Å². The lowest BCUT2D eigenvalue weighted by atomic mass is 9.97. The SMILES string of the molecule is CCOC(=O)C1CCN(C(=O)N/C=C(\C)C2CCCC2)CC1. The number of esters is 1. The van der Waals surface area contributed by atoms with Crippen LogP contribution in [-0.4, -0.2) is 36.6 Å². The molecule has 2 rings (SSSR count). The Hall–Kier alpha value is -1.52. The third kappa shape index (κ3) is 4.49. The second kappa shape index (κ2) is 8.20. The van der Waals surface area contributed by atoms with E-state index in [4.69, 9.17) is 4.74 Å². The van der Waals surface area contributed by atoms with Crippen LogP contribution in [0, 0.1) is 11.8 Å². The van der Waals surface area contributed by atoms with Gasteiger partial charge in [0.2, 0.25) is 0 Å². The van der Waals surface area contributed by atoms with Gasteiger partial charge in [-0.2, -0.15) is 0 Å². The summed E-state index contributed by atoms with van der Waals surface area (Å²) < 4.78 is 5.05. The minimum atomic E-state index is -0.125. The summed E-state index contributed by atoms with van der Waals surface area (Å²) >= 11 is 0. The van der Waals surface area contributed by atoms with Crippen molar-refractivity contribution in [2.75, 3.05) is 19.7 Å². The zero-order valence-electron chi connectivity index (χ0n) is 13.8. The quantitative estimate of drug-likeness (QED) is 0.812. The number of hydrogen-bond donors (Lipinski definition) is 1. The monoisotopic (exact) mass is 308 g/mol. The molecule has 2 amide bonds. The van der Waals surface area contributed by atoms with Crippen LogP contribution in [0.4, 0.5) is 4.79 Å². The number of urea groups is 1. The minimum absolute atomic E-state index is 0.0558. The van der Waals surface area contributed by atoms with E-state index in [1.165, 1.54) is 31.3 Å². The van der Waals surface area contributed by atoms with E-state index in [0.29, 0.717) is 38.5 Å². The molecule has 1 N–H and O–H groups in total. The molecule has 0 aromatic heterocycles. The summed E-state index contributed by atoms with van der Waals surface area (Å²) in [6, 6.07) is -0.0559. The van der Waals surface area contributed by atoms with Gasteiger partial charge in [0.15, 0.2) is 0 Å². The van der Waals surface area contributed by atoms with Crippen molar-refractivity contribution in [1.82, 2.24) is 10.2 Å². The highest BCUT2D eigenvalue weighted by Crippen LogP contribution is 2.30. The average molecular weight is 308 g/mol. The fourth-order valence-corrected chi connectivity index (χ4v) is 3.34. The molecular weight excluding hydrogens is 280 g/mol. The van der Waals surface area contributed by atoms with Crippen LogP contribution in [0.5, 0.6) is 0 Å². The summed E-state index contributed by atoms with van der Waals surface area (Å²) in [6.07, 6.45) is 8.33. The third-order valence-corrected chi connectivity index (χ3v) is 4.82. The number of nitrogens with one attached hydrogen (secondary N) is 1. The zero-order valence-corrected chi connectivity index (χ0v) is 13.8. The summed E-state index contributed by atoms with van der Waals surface area (Å²) in [5, 5.41) is 2.91. The van der Waals surface area contributed by atoms with Gasteiger partial charge in [0.1, 0.15) is 0 Å². The average Bonchev–Trinajstić information content (AvgIpc) is 3.07. The molecule has 5 nitrogen and oxygen atoms in total. The maximum Gasteiger partial charge on any atom is 0.321 e. The first kappa shape index (κ1) is 16.8. The highest BCUT2D eigenvalue weighted by atomic mass is 16.5. The minimum Gasteiger partial charge on any atom is -0.466 e. The Bertz CT molecular complexity index is 420. The maximum atomic E-state index is 12.2. The van der Waals surface area contributed by atoms with Gasteiger partial charge in [-0.3, -0.25) is 4.79 Å². The molecule has 22 heavy (non-hydrogen) atoms. The first-order valence-corrected chi connectivity index (χ1v) is 8.50.